The summed E-state index contributed by atoms with van der Waals surface area (Å²) >= 11 is 0. The minimum atomic E-state index is -0.139. The van der Waals surface area contributed by atoms with Crippen LogP contribution in [-0.4, -0.2) is 47.6 Å². The van der Waals surface area contributed by atoms with E-state index in [0.717, 1.165) is 49.0 Å². The molecule has 0 radical (unpaired) electrons. The predicted octanol–water partition coefficient (Wildman–Crippen LogP) is 3.49. The predicted molar refractivity (Wildman–Crippen MR) is 105 cm³/mol. The molecule has 2 fully saturated rings. The molecule has 5 nitrogen and oxygen atoms in total. The molecule has 0 unspecified atom stereocenters. The number of halogens is 1. The fourth-order valence-corrected chi connectivity index (χ4v) is 3.65. The van der Waals surface area contributed by atoms with Gasteiger partial charge in [-0.15, -0.1) is 12.4 Å². The molecule has 0 aliphatic carbocycles. The number of guanidine groups is 1. The highest BCUT2D eigenvalue weighted by Gasteiger charge is 2.29. The Balaban J connectivity index is 0.00000225. The zero-order valence-electron chi connectivity index (χ0n) is 15.3. The van der Waals surface area contributed by atoms with Gasteiger partial charge in [-0.05, 0) is 57.1 Å². The number of nitrogens with one attached hydrogen (secondary N) is 2. The fourth-order valence-electron chi connectivity index (χ4n) is 3.65. The van der Waals surface area contributed by atoms with Crippen LogP contribution in [0.4, 0.5) is 10.5 Å². The first kappa shape index (κ1) is 19.6. The van der Waals surface area contributed by atoms with Crippen LogP contribution < -0.4 is 10.6 Å². The smallest absolute Gasteiger partial charge is 0.294 e. The van der Waals surface area contributed by atoms with Crippen molar-refractivity contribution in [2.24, 2.45) is 0 Å². The average molecular weight is 366 g/mol. The average Bonchev–Trinajstić information content (AvgIpc) is 3.11. The lowest BCUT2D eigenvalue weighted by Crippen LogP contribution is -2.51. The number of para-hydroxylation sites is 1. The summed E-state index contributed by atoms with van der Waals surface area (Å²) in [6, 6.07) is 5.93. The van der Waals surface area contributed by atoms with E-state index in [1.165, 1.54) is 32.1 Å². The lowest BCUT2D eigenvalue weighted by atomic mass is 10.1. The second-order valence-electron chi connectivity index (χ2n) is 6.91. The number of anilines is 1. The van der Waals surface area contributed by atoms with Gasteiger partial charge in [0.05, 0.1) is 26.2 Å². The number of hydrogen-bond donors (Lipinski definition) is 2. The van der Waals surface area contributed by atoms with Gasteiger partial charge < -0.3 is 0 Å². The molecule has 25 heavy (non-hydrogen) atoms. The molecule has 1 aromatic rings. The monoisotopic (exact) mass is 365 g/mol. The number of amides is 2. The van der Waals surface area contributed by atoms with Crippen LogP contribution in [-0.2, 0) is 0 Å². The number of rotatable bonds is 1. The SMILES string of the molecule is Cc1cccc(C)c1NC(=O)NC(N1CCCC1)=[N+]1CCCCC1.Cl. The molecule has 0 bridgehead atoms. The molecule has 0 saturated carbocycles. The van der Waals surface area contributed by atoms with Gasteiger partial charge in [0.1, 0.15) is 0 Å². The first-order valence-corrected chi connectivity index (χ1v) is 9.16. The van der Waals surface area contributed by atoms with Crippen molar-refractivity contribution in [2.75, 3.05) is 31.5 Å². The minimum Gasteiger partial charge on any atom is -0.294 e. The number of piperidine rings is 1. The van der Waals surface area contributed by atoms with Crippen molar-refractivity contribution in [1.29, 1.82) is 0 Å². The van der Waals surface area contributed by atoms with Crippen molar-refractivity contribution >= 4 is 30.1 Å². The molecule has 2 aliphatic heterocycles. The van der Waals surface area contributed by atoms with E-state index in [4.69, 9.17) is 0 Å². The van der Waals surface area contributed by atoms with Gasteiger partial charge in [0.2, 0.25) is 0 Å². The van der Waals surface area contributed by atoms with Crippen LogP contribution in [0.15, 0.2) is 18.2 Å². The van der Waals surface area contributed by atoms with Crippen molar-refractivity contribution in [3.63, 3.8) is 0 Å². The summed E-state index contributed by atoms with van der Waals surface area (Å²) in [6.07, 6.45) is 6.11. The quantitative estimate of drug-likeness (QED) is 0.591. The molecule has 0 atom stereocenters. The van der Waals surface area contributed by atoms with Crippen molar-refractivity contribution in [2.45, 2.75) is 46.0 Å². The van der Waals surface area contributed by atoms with Crippen molar-refractivity contribution in [1.82, 2.24) is 10.2 Å². The maximum Gasteiger partial charge on any atom is 0.384 e. The van der Waals surface area contributed by atoms with Crippen LogP contribution in [0.25, 0.3) is 0 Å². The Bertz CT molecular complexity index is 610. The van der Waals surface area contributed by atoms with E-state index in [-0.39, 0.29) is 18.4 Å². The number of hydrogen-bond acceptors (Lipinski definition) is 1. The van der Waals surface area contributed by atoms with Crippen LogP contribution in [0, 0.1) is 13.8 Å². The molecule has 3 rings (SSSR count). The number of likely N-dealkylation sites (tertiary alicyclic amines) is 1. The molecule has 6 heteroatoms. The topological polar surface area (TPSA) is 47.4 Å². The van der Waals surface area contributed by atoms with Crippen LogP contribution in [0.3, 0.4) is 0 Å². The Labute approximate surface area is 156 Å². The van der Waals surface area contributed by atoms with Crippen LogP contribution in [0.1, 0.15) is 43.2 Å². The third-order valence-corrected chi connectivity index (χ3v) is 5.01. The van der Waals surface area contributed by atoms with Gasteiger partial charge in [0.15, 0.2) is 0 Å². The summed E-state index contributed by atoms with van der Waals surface area (Å²) in [5.41, 5.74) is 3.09. The summed E-state index contributed by atoms with van der Waals surface area (Å²) in [6.45, 7) is 8.20. The first-order valence-electron chi connectivity index (χ1n) is 9.16. The van der Waals surface area contributed by atoms with Gasteiger partial charge in [0.25, 0.3) is 0 Å². The van der Waals surface area contributed by atoms with E-state index < -0.39 is 0 Å². The fraction of sp³-hybridized carbons (Fsp3) is 0.579. The zero-order chi connectivity index (χ0) is 16.9. The van der Waals surface area contributed by atoms with Gasteiger partial charge in [-0.3, -0.25) is 14.8 Å². The Morgan fingerprint density at radius 2 is 1.60 bits per heavy atom. The van der Waals surface area contributed by atoms with Crippen molar-refractivity contribution in [3.8, 4) is 0 Å². The van der Waals surface area contributed by atoms with Crippen molar-refractivity contribution in [3.05, 3.63) is 29.3 Å². The molecule has 2 saturated heterocycles. The largest absolute Gasteiger partial charge is 0.384 e. The second-order valence-corrected chi connectivity index (χ2v) is 6.91. The number of carbonyl (C=O) groups excluding carboxylic acids is 1. The van der Waals surface area contributed by atoms with E-state index in [0.29, 0.717) is 0 Å². The maximum absolute atomic E-state index is 12.6. The van der Waals surface area contributed by atoms with Gasteiger partial charge in [-0.25, -0.2) is 4.79 Å². The lowest BCUT2D eigenvalue weighted by Gasteiger charge is -2.22. The van der Waals surface area contributed by atoms with E-state index in [2.05, 4.69) is 20.1 Å². The highest BCUT2D eigenvalue weighted by atomic mass is 35.5. The maximum atomic E-state index is 12.6. The molecule has 0 aromatic heterocycles. The van der Waals surface area contributed by atoms with Gasteiger partial charge >= 0.3 is 12.0 Å². The Morgan fingerprint density at radius 1 is 1.00 bits per heavy atom. The highest BCUT2D eigenvalue weighted by molar-refractivity contribution is 6.01. The lowest BCUT2D eigenvalue weighted by molar-refractivity contribution is -0.543. The summed E-state index contributed by atoms with van der Waals surface area (Å²) < 4.78 is 2.35. The molecule has 2 aliphatic rings. The Kier molecular flexibility index (Phi) is 7.12. The number of nitrogens with zero attached hydrogens (tertiary/aromatic N) is 2. The third kappa shape index (κ3) is 4.88. The molecule has 2 heterocycles. The van der Waals surface area contributed by atoms with Gasteiger partial charge in [-0.2, -0.15) is 5.32 Å². The Hall–Kier alpha value is -1.75. The number of urea groups is 1. The highest BCUT2D eigenvalue weighted by Crippen LogP contribution is 2.19. The normalized spacial score (nSPS) is 17.0. The summed E-state index contributed by atoms with van der Waals surface area (Å²) in [5.74, 6) is 0.996. The van der Waals surface area contributed by atoms with Crippen LogP contribution in [0.5, 0.6) is 0 Å². The van der Waals surface area contributed by atoms with Crippen LogP contribution in [0.2, 0.25) is 0 Å². The summed E-state index contributed by atoms with van der Waals surface area (Å²) in [4.78, 5) is 15.0. The summed E-state index contributed by atoms with van der Waals surface area (Å²) in [7, 11) is 0. The van der Waals surface area contributed by atoms with Gasteiger partial charge in [0, 0.05) is 5.69 Å². The molecule has 1 aromatic carbocycles. The van der Waals surface area contributed by atoms with E-state index in [9.17, 15) is 4.79 Å². The van der Waals surface area contributed by atoms with E-state index in [1.54, 1.807) is 0 Å². The zero-order valence-corrected chi connectivity index (χ0v) is 16.1. The van der Waals surface area contributed by atoms with Crippen LogP contribution >= 0.6 is 12.4 Å². The van der Waals surface area contributed by atoms with E-state index >= 15 is 0 Å². The van der Waals surface area contributed by atoms with Gasteiger partial charge in [-0.1, -0.05) is 18.2 Å². The van der Waals surface area contributed by atoms with Crippen molar-refractivity contribution < 1.29 is 9.37 Å². The standard InChI is InChI=1S/C19H28N4O.ClH/c1-15-9-8-10-16(2)17(15)20-18(24)21-19(23-13-6-7-14-23)22-11-4-3-5-12-22;/h8-10H,3-7,11-14H2,1-2H3,(H,20,24);1H/p+1. The molecular formula is C19H30ClN4O+. The first-order chi connectivity index (χ1) is 11.6. The number of carbonyl (C=O) groups is 1. The molecular weight excluding hydrogens is 336 g/mol. The summed E-state index contributed by atoms with van der Waals surface area (Å²) in [5, 5.41) is 6.20. The molecule has 138 valence electrons. The van der Waals surface area contributed by atoms with E-state index in [1.807, 2.05) is 32.0 Å². The second kappa shape index (κ2) is 9.09. The minimum absolute atomic E-state index is 0. The molecule has 2 N–H and O–H groups in total. The molecule has 2 amide bonds. The third-order valence-electron chi connectivity index (χ3n) is 5.01. The Morgan fingerprint density at radius 3 is 2.20 bits per heavy atom. The number of aryl methyl sites for hydroxylation is 2. The number of benzene rings is 1. The molecule has 0 spiro atoms.